The summed E-state index contributed by atoms with van der Waals surface area (Å²) in [5.41, 5.74) is 0.906. The van der Waals surface area contributed by atoms with E-state index in [1.807, 2.05) is 0 Å². The van der Waals surface area contributed by atoms with E-state index in [9.17, 15) is 23.1 Å². The molecule has 0 fully saturated rings. The lowest BCUT2D eigenvalue weighted by Gasteiger charge is -2.13. The van der Waals surface area contributed by atoms with Crippen LogP contribution in [0.3, 0.4) is 0 Å². The molecular formula is C24H17ClF3N3O3. The molecule has 0 unspecified atom stereocenters. The summed E-state index contributed by atoms with van der Waals surface area (Å²) in [4.78, 5) is 12.6. The summed E-state index contributed by atoms with van der Waals surface area (Å²) in [5.74, 6) is -0.777. The standard InChI is InChI=1S/C24H17ClF3N3O3/c25-18-6-2-4-8-20(18)31-23(13-21(30-31)24(26,27)28)34-14-22(33)29-19-7-3-1-5-17(19)15-9-11-16(32)12-10-15/h1-13,32H,14H2,(H,29,33). The number of halogens is 4. The van der Waals surface area contributed by atoms with E-state index >= 15 is 0 Å². The maximum absolute atomic E-state index is 13.3. The lowest BCUT2D eigenvalue weighted by molar-refractivity contribution is -0.141. The lowest BCUT2D eigenvalue weighted by atomic mass is 10.0. The van der Waals surface area contributed by atoms with Crippen molar-refractivity contribution in [3.63, 3.8) is 0 Å². The molecule has 4 aromatic rings. The number of amides is 1. The van der Waals surface area contributed by atoms with Gasteiger partial charge in [-0.05, 0) is 35.9 Å². The number of aromatic nitrogens is 2. The van der Waals surface area contributed by atoms with Gasteiger partial charge in [0, 0.05) is 17.3 Å². The topological polar surface area (TPSA) is 76.4 Å². The number of aromatic hydroxyl groups is 1. The number of hydrogen-bond acceptors (Lipinski definition) is 4. The Morgan fingerprint density at radius 3 is 2.41 bits per heavy atom. The highest BCUT2D eigenvalue weighted by atomic mass is 35.5. The first kappa shape index (κ1) is 23.2. The Labute approximate surface area is 197 Å². The van der Waals surface area contributed by atoms with Gasteiger partial charge in [0.25, 0.3) is 5.91 Å². The predicted octanol–water partition coefficient (Wildman–Crippen LogP) is 5.93. The van der Waals surface area contributed by atoms with Crippen molar-refractivity contribution in [2.75, 3.05) is 11.9 Å². The van der Waals surface area contributed by atoms with Gasteiger partial charge in [-0.2, -0.15) is 23.0 Å². The minimum atomic E-state index is -4.71. The van der Waals surface area contributed by atoms with Crippen LogP contribution in [0.2, 0.25) is 5.02 Å². The van der Waals surface area contributed by atoms with Gasteiger partial charge in [-0.25, -0.2) is 0 Å². The van der Waals surface area contributed by atoms with Crippen LogP contribution in [0, 0.1) is 0 Å². The maximum Gasteiger partial charge on any atom is 0.435 e. The molecule has 0 aliphatic carbocycles. The molecule has 0 spiro atoms. The van der Waals surface area contributed by atoms with Gasteiger partial charge in [-0.15, -0.1) is 0 Å². The summed E-state index contributed by atoms with van der Waals surface area (Å²) in [7, 11) is 0. The lowest BCUT2D eigenvalue weighted by Crippen LogP contribution is -2.21. The Balaban J connectivity index is 1.55. The number of phenols is 1. The van der Waals surface area contributed by atoms with E-state index in [1.165, 1.54) is 24.3 Å². The van der Waals surface area contributed by atoms with E-state index in [0.29, 0.717) is 17.3 Å². The molecule has 1 amide bonds. The zero-order chi connectivity index (χ0) is 24.3. The Morgan fingerprint density at radius 1 is 1.03 bits per heavy atom. The van der Waals surface area contributed by atoms with E-state index in [1.54, 1.807) is 48.5 Å². The third-order valence-electron chi connectivity index (χ3n) is 4.78. The van der Waals surface area contributed by atoms with E-state index in [2.05, 4.69) is 10.4 Å². The Morgan fingerprint density at radius 2 is 1.71 bits per heavy atom. The molecule has 10 heteroatoms. The summed E-state index contributed by atoms with van der Waals surface area (Å²) < 4.78 is 46.1. The molecule has 0 bridgehead atoms. The molecule has 6 nitrogen and oxygen atoms in total. The van der Waals surface area contributed by atoms with Crippen molar-refractivity contribution in [3.8, 4) is 28.4 Å². The fourth-order valence-corrected chi connectivity index (χ4v) is 3.43. The molecule has 3 aromatic carbocycles. The first-order valence-corrected chi connectivity index (χ1v) is 10.3. The van der Waals surface area contributed by atoms with Crippen molar-refractivity contribution >= 4 is 23.2 Å². The zero-order valence-corrected chi connectivity index (χ0v) is 18.1. The number of alkyl halides is 3. The van der Waals surface area contributed by atoms with Crippen molar-refractivity contribution in [1.82, 2.24) is 9.78 Å². The maximum atomic E-state index is 13.3. The summed E-state index contributed by atoms with van der Waals surface area (Å²) in [6, 6.07) is 20.3. The normalized spacial score (nSPS) is 11.3. The number of para-hydroxylation sites is 2. The van der Waals surface area contributed by atoms with Gasteiger partial charge in [-0.3, -0.25) is 4.79 Å². The first-order chi connectivity index (χ1) is 16.2. The van der Waals surface area contributed by atoms with Crippen molar-refractivity contribution < 1.29 is 27.8 Å². The molecule has 34 heavy (non-hydrogen) atoms. The average Bonchev–Trinajstić information content (AvgIpc) is 3.24. The van der Waals surface area contributed by atoms with Crippen LogP contribution in [-0.2, 0) is 11.0 Å². The van der Waals surface area contributed by atoms with Gasteiger partial charge in [0.1, 0.15) is 5.75 Å². The van der Waals surface area contributed by atoms with Gasteiger partial charge < -0.3 is 15.2 Å². The minimum absolute atomic E-state index is 0.104. The highest BCUT2D eigenvalue weighted by Crippen LogP contribution is 2.34. The van der Waals surface area contributed by atoms with Crippen LogP contribution in [0.15, 0.2) is 78.9 Å². The smallest absolute Gasteiger partial charge is 0.435 e. The second-order valence-corrected chi connectivity index (χ2v) is 7.57. The minimum Gasteiger partial charge on any atom is -0.508 e. The largest absolute Gasteiger partial charge is 0.508 e. The average molecular weight is 488 g/mol. The Bertz CT molecular complexity index is 1320. The summed E-state index contributed by atoms with van der Waals surface area (Å²) in [6.45, 7) is -0.572. The Hall–Kier alpha value is -3.98. The molecule has 0 saturated carbocycles. The number of carbonyl (C=O) groups excluding carboxylic acids is 1. The van der Waals surface area contributed by atoms with E-state index < -0.39 is 24.4 Å². The quantitative estimate of drug-likeness (QED) is 0.353. The first-order valence-electron chi connectivity index (χ1n) is 9.95. The highest BCUT2D eigenvalue weighted by molar-refractivity contribution is 6.32. The van der Waals surface area contributed by atoms with Crippen LogP contribution in [0.5, 0.6) is 11.6 Å². The predicted molar refractivity (Wildman–Crippen MR) is 121 cm³/mol. The molecular weight excluding hydrogens is 471 g/mol. The molecule has 174 valence electrons. The third kappa shape index (κ3) is 5.15. The molecule has 0 saturated heterocycles. The van der Waals surface area contributed by atoms with Gasteiger partial charge in [0.05, 0.1) is 10.7 Å². The number of benzene rings is 3. The van der Waals surface area contributed by atoms with E-state index in [-0.39, 0.29) is 22.3 Å². The van der Waals surface area contributed by atoms with Crippen molar-refractivity contribution in [1.29, 1.82) is 0 Å². The van der Waals surface area contributed by atoms with E-state index in [4.69, 9.17) is 16.3 Å². The molecule has 2 N–H and O–H groups in total. The second kappa shape index (κ2) is 9.48. The number of nitrogens with zero attached hydrogens (tertiary/aromatic N) is 2. The van der Waals surface area contributed by atoms with Crippen molar-refractivity contribution in [2.24, 2.45) is 0 Å². The number of rotatable bonds is 6. The van der Waals surface area contributed by atoms with Gasteiger partial charge >= 0.3 is 6.18 Å². The van der Waals surface area contributed by atoms with Crippen LogP contribution in [-0.4, -0.2) is 27.4 Å². The fraction of sp³-hybridized carbons (Fsp3) is 0.0833. The third-order valence-corrected chi connectivity index (χ3v) is 5.10. The second-order valence-electron chi connectivity index (χ2n) is 7.16. The van der Waals surface area contributed by atoms with Crippen LogP contribution in [0.1, 0.15) is 5.69 Å². The highest BCUT2D eigenvalue weighted by Gasteiger charge is 2.36. The van der Waals surface area contributed by atoms with Crippen LogP contribution in [0.4, 0.5) is 18.9 Å². The number of nitrogens with one attached hydrogen (secondary N) is 1. The summed E-state index contributed by atoms with van der Waals surface area (Å²) in [5, 5.41) is 15.9. The molecule has 0 aliphatic rings. The van der Waals surface area contributed by atoms with Gasteiger partial charge in [0.2, 0.25) is 5.88 Å². The SMILES string of the molecule is O=C(COc1cc(C(F)(F)F)nn1-c1ccccc1Cl)Nc1ccccc1-c1ccc(O)cc1. The fourth-order valence-electron chi connectivity index (χ4n) is 3.21. The molecule has 0 radical (unpaired) electrons. The van der Waals surface area contributed by atoms with Crippen LogP contribution >= 0.6 is 11.6 Å². The number of hydrogen-bond donors (Lipinski definition) is 2. The van der Waals surface area contributed by atoms with Crippen molar-refractivity contribution in [2.45, 2.75) is 6.18 Å². The summed E-state index contributed by atoms with van der Waals surface area (Å²) >= 11 is 6.12. The number of ether oxygens (including phenoxy) is 1. The Kier molecular flexibility index (Phi) is 6.47. The molecule has 4 rings (SSSR count). The number of anilines is 1. The molecule has 1 heterocycles. The van der Waals surface area contributed by atoms with Crippen LogP contribution < -0.4 is 10.1 Å². The zero-order valence-electron chi connectivity index (χ0n) is 17.4. The monoisotopic (exact) mass is 487 g/mol. The van der Waals surface area contributed by atoms with Crippen molar-refractivity contribution in [3.05, 3.63) is 89.6 Å². The number of phenolic OH excluding ortho intramolecular Hbond substituents is 1. The summed E-state index contributed by atoms with van der Waals surface area (Å²) in [6.07, 6.45) is -4.71. The van der Waals surface area contributed by atoms with E-state index in [0.717, 1.165) is 10.2 Å². The van der Waals surface area contributed by atoms with Crippen LogP contribution in [0.25, 0.3) is 16.8 Å². The molecule has 1 aromatic heterocycles. The molecule has 0 aliphatic heterocycles. The number of carbonyl (C=O) groups is 1. The molecule has 0 atom stereocenters. The van der Waals surface area contributed by atoms with Gasteiger partial charge in [-0.1, -0.05) is 54.1 Å². The van der Waals surface area contributed by atoms with Gasteiger partial charge in [0.15, 0.2) is 12.3 Å².